The zero-order chi connectivity index (χ0) is 37.4. The maximum atomic E-state index is 14.3. The topological polar surface area (TPSA) is 181 Å². The second-order valence-electron chi connectivity index (χ2n) is 14.1. The van der Waals surface area contributed by atoms with Crippen molar-refractivity contribution in [2.24, 2.45) is 11.3 Å². The molecule has 5 atom stereocenters. The van der Waals surface area contributed by atoms with Crippen LogP contribution in [0.5, 0.6) is 11.5 Å². The third-order valence-corrected chi connectivity index (χ3v) is 10.4. The van der Waals surface area contributed by atoms with Gasteiger partial charge in [-0.05, 0) is 37.8 Å². The van der Waals surface area contributed by atoms with E-state index in [0.29, 0.717) is 44.5 Å². The van der Waals surface area contributed by atoms with Crippen molar-refractivity contribution in [3.05, 3.63) is 42.6 Å². The van der Waals surface area contributed by atoms with Gasteiger partial charge < -0.3 is 35.6 Å². The summed E-state index contributed by atoms with van der Waals surface area (Å²) in [4.78, 5) is 76.6. The second kappa shape index (κ2) is 14.3. The van der Waals surface area contributed by atoms with Gasteiger partial charge in [-0.15, -0.1) is 6.58 Å². The SMILES string of the molecule is C=C[C@@H]1C[C@]1(NC(=O)[C@@H]1C[C@@H](Oc2cc(-c3cnc(NC(C)=O)s3)nc3c(C)c(OC)ccc23)CN1C(=O)[C@H](NC(=O)NC)C(C)(C)C)C(C)=O. The van der Waals surface area contributed by atoms with Gasteiger partial charge in [-0.3, -0.25) is 19.2 Å². The number of urea groups is 1. The number of hydrogen-bond donors (Lipinski definition) is 4. The Balaban J connectivity index is 1.54. The maximum absolute atomic E-state index is 14.3. The number of carbonyl (C=O) groups excluding carboxylic acids is 5. The summed E-state index contributed by atoms with van der Waals surface area (Å²) in [5, 5.41) is 12.0. The van der Waals surface area contributed by atoms with Crippen molar-refractivity contribution >= 4 is 56.9 Å². The number of nitrogens with one attached hydrogen (secondary N) is 4. The van der Waals surface area contributed by atoms with Gasteiger partial charge in [-0.2, -0.15) is 0 Å². The number of aromatic nitrogens is 2. The van der Waals surface area contributed by atoms with E-state index < -0.39 is 47.0 Å². The number of aryl methyl sites for hydroxylation is 1. The Bertz CT molecular complexity index is 1900. The molecule has 51 heavy (non-hydrogen) atoms. The van der Waals surface area contributed by atoms with Crippen LogP contribution in [0.25, 0.3) is 21.5 Å². The third-order valence-electron chi connectivity index (χ3n) is 9.44. The first-order valence-electron chi connectivity index (χ1n) is 16.7. The van der Waals surface area contributed by atoms with Crippen molar-refractivity contribution in [3.8, 4) is 22.1 Å². The van der Waals surface area contributed by atoms with E-state index in [2.05, 4.69) is 32.8 Å². The van der Waals surface area contributed by atoms with Crippen LogP contribution in [0.4, 0.5) is 9.93 Å². The summed E-state index contributed by atoms with van der Waals surface area (Å²) in [6, 6.07) is 2.91. The van der Waals surface area contributed by atoms with Crippen molar-refractivity contribution in [2.75, 3.05) is 26.0 Å². The lowest BCUT2D eigenvalue weighted by Gasteiger charge is -2.35. The normalized spacial score (nSPS) is 21.7. The molecule has 1 saturated carbocycles. The molecule has 2 aliphatic rings. The molecule has 5 rings (SSSR count). The number of pyridine rings is 1. The molecule has 2 aromatic heterocycles. The number of carbonyl (C=O) groups is 5. The van der Waals surface area contributed by atoms with E-state index in [9.17, 15) is 24.0 Å². The standard InChI is InChI=1S/C36H45N7O7S/c1-10-21-15-36(21,19(3)44)42-31(46)25-13-22(17-43(25)32(47)30(35(5,6)7)41-33(48)37-8)50-27-14-24(28-16-38-34(51-28)39-20(4)45)40-29-18(2)26(49-9)12-11-23(27)29/h10-12,14,16,21-22,25,30H,1,13,15,17H2,2-9H3,(H,42,46)(H2,37,41,48)(H,38,39,45)/t21-,22-,25+,30+,36+/m1/s1. The number of Topliss-reactive ketones (excluding diaryl/α,β-unsaturated/α-hetero) is 1. The molecule has 1 aliphatic heterocycles. The number of likely N-dealkylation sites (tertiary alicyclic amines) is 1. The largest absolute Gasteiger partial charge is 0.496 e. The first-order valence-corrected chi connectivity index (χ1v) is 17.5. The zero-order valence-electron chi connectivity index (χ0n) is 30.1. The van der Waals surface area contributed by atoms with Crippen LogP contribution < -0.4 is 30.7 Å². The van der Waals surface area contributed by atoms with Gasteiger partial charge in [-0.1, -0.05) is 38.2 Å². The summed E-state index contributed by atoms with van der Waals surface area (Å²) >= 11 is 1.25. The number of ketones is 1. The first-order chi connectivity index (χ1) is 24.0. The highest BCUT2D eigenvalue weighted by molar-refractivity contribution is 7.19. The summed E-state index contributed by atoms with van der Waals surface area (Å²) in [5.74, 6) is -0.512. The van der Waals surface area contributed by atoms with Crippen LogP contribution >= 0.6 is 11.3 Å². The average molecular weight is 720 g/mol. The van der Waals surface area contributed by atoms with Gasteiger partial charge in [0.1, 0.15) is 35.2 Å². The number of benzene rings is 1. The molecule has 3 aromatic rings. The van der Waals surface area contributed by atoms with Crippen LogP contribution in [0.15, 0.2) is 37.1 Å². The fourth-order valence-corrected chi connectivity index (χ4v) is 7.33. The molecule has 0 unspecified atom stereocenters. The highest BCUT2D eigenvalue weighted by Gasteiger charge is 2.59. The minimum Gasteiger partial charge on any atom is -0.496 e. The molecular formula is C36H45N7O7S. The summed E-state index contributed by atoms with van der Waals surface area (Å²) < 4.78 is 12.3. The van der Waals surface area contributed by atoms with Crippen molar-refractivity contribution in [3.63, 3.8) is 0 Å². The molecule has 0 radical (unpaired) electrons. The Morgan fingerprint density at radius 2 is 1.88 bits per heavy atom. The molecule has 1 aliphatic carbocycles. The Labute approximate surface area is 300 Å². The van der Waals surface area contributed by atoms with E-state index in [1.807, 2.05) is 39.8 Å². The van der Waals surface area contributed by atoms with E-state index in [1.165, 1.54) is 37.1 Å². The molecule has 3 heterocycles. The summed E-state index contributed by atoms with van der Waals surface area (Å²) in [7, 11) is 3.03. The molecule has 2 fully saturated rings. The van der Waals surface area contributed by atoms with Crippen LogP contribution in [-0.4, -0.2) is 88.8 Å². The van der Waals surface area contributed by atoms with Crippen molar-refractivity contribution < 1.29 is 33.4 Å². The number of ether oxygens (including phenoxy) is 2. The number of methoxy groups -OCH3 is 1. The molecule has 4 N–H and O–H groups in total. The molecule has 0 bridgehead atoms. The highest BCUT2D eigenvalue weighted by atomic mass is 32.1. The van der Waals surface area contributed by atoms with Gasteiger partial charge in [0.05, 0.1) is 29.7 Å². The van der Waals surface area contributed by atoms with Crippen LogP contribution in [0.2, 0.25) is 0 Å². The van der Waals surface area contributed by atoms with E-state index in [4.69, 9.17) is 14.5 Å². The number of fused-ring (bicyclic) bond motifs is 1. The van der Waals surface area contributed by atoms with Crippen molar-refractivity contribution in [1.29, 1.82) is 0 Å². The lowest BCUT2D eigenvalue weighted by atomic mass is 9.85. The van der Waals surface area contributed by atoms with Gasteiger partial charge in [-0.25, -0.2) is 14.8 Å². The average Bonchev–Trinajstić information content (AvgIpc) is 3.35. The minimum absolute atomic E-state index is 0.0262. The van der Waals surface area contributed by atoms with Gasteiger partial charge in [0.15, 0.2) is 10.9 Å². The third kappa shape index (κ3) is 7.53. The fourth-order valence-electron chi connectivity index (χ4n) is 6.51. The lowest BCUT2D eigenvalue weighted by molar-refractivity contribution is -0.142. The van der Waals surface area contributed by atoms with E-state index in [0.717, 1.165) is 5.56 Å². The lowest BCUT2D eigenvalue weighted by Crippen LogP contribution is -2.59. The van der Waals surface area contributed by atoms with Crippen molar-refractivity contribution in [1.82, 2.24) is 30.8 Å². The molecule has 272 valence electrons. The molecule has 14 nitrogen and oxygen atoms in total. The Hall–Kier alpha value is -5.05. The predicted molar refractivity (Wildman–Crippen MR) is 194 cm³/mol. The maximum Gasteiger partial charge on any atom is 0.315 e. The van der Waals surface area contributed by atoms with Crippen LogP contribution in [0.3, 0.4) is 0 Å². The number of rotatable bonds is 11. The Morgan fingerprint density at radius 3 is 2.47 bits per heavy atom. The van der Waals surface area contributed by atoms with Crippen LogP contribution in [-0.2, 0) is 19.2 Å². The molecule has 5 amide bonds. The molecular weight excluding hydrogens is 675 g/mol. The van der Waals surface area contributed by atoms with Gasteiger partial charge >= 0.3 is 6.03 Å². The monoisotopic (exact) mass is 719 g/mol. The molecule has 1 aromatic carbocycles. The van der Waals surface area contributed by atoms with E-state index in [-0.39, 0.29) is 30.6 Å². The fraction of sp³-hybridized carbons (Fsp3) is 0.472. The second-order valence-corrected chi connectivity index (χ2v) is 15.1. The summed E-state index contributed by atoms with van der Waals surface area (Å²) in [6.45, 7) is 14.0. The summed E-state index contributed by atoms with van der Waals surface area (Å²) in [6.07, 6.45) is 3.15. The number of thiazole rings is 1. The number of nitrogens with zero attached hydrogens (tertiary/aromatic N) is 3. The Morgan fingerprint density at radius 1 is 1.16 bits per heavy atom. The number of anilines is 1. The van der Waals surface area contributed by atoms with E-state index in [1.54, 1.807) is 25.4 Å². The predicted octanol–water partition coefficient (Wildman–Crippen LogP) is 3.98. The van der Waals surface area contributed by atoms with Gasteiger partial charge in [0, 0.05) is 49.5 Å². The van der Waals surface area contributed by atoms with Crippen LogP contribution in [0.1, 0.15) is 53.0 Å². The van der Waals surface area contributed by atoms with Gasteiger partial charge in [0.2, 0.25) is 17.7 Å². The molecule has 0 spiro atoms. The molecule has 15 heteroatoms. The summed E-state index contributed by atoms with van der Waals surface area (Å²) in [5.41, 5.74) is 0.142. The highest BCUT2D eigenvalue weighted by Crippen LogP contribution is 2.45. The zero-order valence-corrected chi connectivity index (χ0v) is 30.9. The Kier molecular flexibility index (Phi) is 10.4. The number of amides is 5. The number of hydrogen-bond acceptors (Lipinski definition) is 10. The minimum atomic E-state index is -1.08. The quantitative estimate of drug-likeness (QED) is 0.213. The van der Waals surface area contributed by atoms with Gasteiger partial charge in [0.25, 0.3) is 0 Å². The van der Waals surface area contributed by atoms with Crippen LogP contribution in [0, 0.1) is 18.3 Å². The smallest absolute Gasteiger partial charge is 0.315 e. The first kappa shape index (κ1) is 37.2. The molecule has 1 saturated heterocycles. The van der Waals surface area contributed by atoms with E-state index >= 15 is 0 Å². The van der Waals surface area contributed by atoms with Crippen molar-refractivity contribution in [2.45, 2.75) is 78.1 Å².